The van der Waals surface area contributed by atoms with Crippen molar-refractivity contribution in [2.75, 3.05) is 0 Å². The molecule has 0 heterocycles. The zero-order valence-electron chi connectivity index (χ0n) is 9.72. The Morgan fingerprint density at radius 1 is 1.24 bits per heavy atom. The van der Waals surface area contributed by atoms with Crippen LogP contribution in [0.2, 0.25) is 5.02 Å². The Bertz CT molecular complexity index is 331. The van der Waals surface area contributed by atoms with Crippen LogP contribution in [0.4, 0.5) is 4.39 Å². The predicted molar refractivity (Wildman–Crippen MR) is 72.4 cm³/mol. The molecular formula is C13H18Cl2FN. The minimum absolute atomic E-state index is 0. The van der Waals surface area contributed by atoms with Gasteiger partial charge >= 0.3 is 0 Å². The van der Waals surface area contributed by atoms with Gasteiger partial charge < -0.3 is 5.32 Å². The molecule has 1 aromatic carbocycles. The van der Waals surface area contributed by atoms with E-state index in [1.807, 2.05) is 0 Å². The van der Waals surface area contributed by atoms with Gasteiger partial charge in [0.05, 0.1) is 0 Å². The average molecular weight is 278 g/mol. The van der Waals surface area contributed by atoms with Gasteiger partial charge in [0, 0.05) is 23.2 Å². The fraction of sp³-hybridized carbons (Fsp3) is 0.538. The molecule has 0 unspecified atom stereocenters. The summed E-state index contributed by atoms with van der Waals surface area (Å²) in [6, 6.07) is 5.37. The van der Waals surface area contributed by atoms with E-state index in [0.717, 1.165) is 0 Å². The van der Waals surface area contributed by atoms with Crippen molar-refractivity contribution in [2.45, 2.75) is 44.7 Å². The molecule has 0 bridgehead atoms. The third-order valence-electron chi connectivity index (χ3n) is 3.23. The van der Waals surface area contributed by atoms with Crippen molar-refractivity contribution in [3.63, 3.8) is 0 Å². The van der Waals surface area contributed by atoms with Crippen LogP contribution in [0.3, 0.4) is 0 Å². The molecule has 1 N–H and O–H groups in total. The summed E-state index contributed by atoms with van der Waals surface area (Å²) in [6.45, 7) is 0.538. The molecule has 96 valence electrons. The Morgan fingerprint density at radius 2 is 1.94 bits per heavy atom. The second-order valence-electron chi connectivity index (χ2n) is 4.42. The Morgan fingerprint density at radius 3 is 2.59 bits per heavy atom. The first kappa shape index (κ1) is 14.7. The number of nitrogens with one attached hydrogen (secondary N) is 1. The maximum absolute atomic E-state index is 13.5. The van der Waals surface area contributed by atoms with E-state index in [-0.39, 0.29) is 18.2 Å². The molecule has 1 saturated carbocycles. The third-order valence-corrected chi connectivity index (χ3v) is 3.59. The number of hydrogen-bond acceptors (Lipinski definition) is 1. The lowest BCUT2D eigenvalue weighted by molar-refractivity contribution is 0.370. The van der Waals surface area contributed by atoms with Crippen LogP contribution in [0.5, 0.6) is 0 Å². The van der Waals surface area contributed by atoms with Crippen LogP contribution in [-0.2, 0) is 6.54 Å². The summed E-state index contributed by atoms with van der Waals surface area (Å²) in [5.41, 5.74) is 0.592. The van der Waals surface area contributed by atoms with Crippen LogP contribution in [0, 0.1) is 5.82 Å². The molecule has 1 nitrogen and oxygen atoms in total. The van der Waals surface area contributed by atoms with Crippen molar-refractivity contribution in [1.29, 1.82) is 0 Å². The van der Waals surface area contributed by atoms with Gasteiger partial charge in [-0.2, -0.15) is 0 Å². The number of benzene rings is 1. The lowest BCUT2D eigenvalue weighted by Gasteiger charge is -2.23. The topological polar surface area (TPSA) is 12.0 Å². The van der Waals surface area contributed by atoms with Crippen molar-refractivity contribution in [1.82, 2.24) is 5.32 Å². The first-order valence-corrected chi connectivity index (χ1v) is 6.31. The van der Waals surface area contributed by atoms with E-state index in [4.69, 9.17) is 11.6 Å². The highest BCUT2D eigenvalue weighted by molar-refractivity contribution is 6.31. The van der Waals surface area contributed by atoms with Crippen molar-refractivity contribution in [3.05, 3.63) is 34.6 Å². The first-order chi connectivity index (χ1) is 7.77. The standard InChI is InChI=1S/C13H17ClFN.ClH/c14-12-7-4-8-13(15)11(12)9-16-10-5-2-1-3-6-10;/h4,7-8,10,16H,1-3,5-6,9H2;1H. The number of rotatable bonds is 3. The summed E-state index contributed by atoms with van der Waals surface area (Å²) >= 11 is 5.97. The van der Waals surface area contributed by atoms with Gasteiger partial charge in [-0.25, -0.2) is 4.39 Å². The minimum atomic E-state index is -0.212. The lowest BCUT2D eigenvalue weighted by Crippen LogP contribution is -2.30. The molecule has 0 aromatic heterocycles. The molecule has 0 atom stereocenters. The summed E-state index contributed by atoms with van der Waals surface area (Å²) in [7, 11) is 0. The van der Waals surface area contributed by atoms with E-state index in [9.17, 15) is 4.39 Å². The predicted octanol–water partition coefficient (Wildman–Crippen LogP) is 4.32. The van der Waals surface area contributed by atoms with Gasteiger partial charge in [-0.3, -0.25) is 0 Å². The smallest absolute Gasteiger partial charge is 0.129 e. The summed E-state index contributed by atoms with van der Waals surface area (Å²) in [5.74, 6) is -0.212. The summed E-state index contributed by atoms with van der Waals surface area (Å²) < 4.78 is 13.5. The van der Waals surface area contributed by atoms with E-state index in [0.29, 0.717) is 23.2 Å². The van der Waals surface area contributed by atoms with E-state index in [1.54, 1.807) is 12.1 Å². The average Bonchev–Trinajstić information content (AvgIpc) is 2.30. The van der Waals surface area contributed by atoms with Gasteiger partial charge in [0.15, 0.2) is 0 Å². The molecule has 0 spiro atoms. The molecule has 1 fully saturated rings. The van der Waals surface area contributed by atoms with Crippen LogP contribution < -0.4 is 5.32 Å². The van der Waals surface area contributed by atoms with Crippen LogP contribution in [0.25, 0.3) is 0 Å². The summed E-state index contributed by atoms with van der Waals surface area (Å²) in [6.07, 6.45) is 6.29. The van der Waals surface area contributed by atoms with E-state index in [2.05, 4.69) is 5.32 Å². The maximum atomic E-state index is 13.5. The molecule has 0 amide bonds. The highest BCUT2D eigenvalue weighted by atomic mass is 35.5. The summed E-state index contributed by atoms with van der Waals surface area (Å²) in [5, 5.41) is 3.91. The molecule has 17 heavy (non-hydrogen) atoms. The monoisotopic (exact) mass is 277 g/mol. The van der Waals surface area contributed by atoms with Gasteiger partial charge in [0.1, 0.15) is 5.82 Å². The van der Waals surface area contributed by atoms with E-state index >= 15 is 0 Å². The quantitative estimate of drug-likeness (QED) is 0.868. The second-order valence-corrected chi connectivity index (χ2v) is 4.82. The fourth-order valence-corrected chi connectivity index (χ4v) is 2.48. The normalized spacial score (nSPS) is 16.6. The molecule has 4 heteroatoms. The highest BCUT2D eigenvalue weighted by Gasteiger charge is 2.14. The van der Waals surface area contributed by atoms with Gasteiger partial charge in [-0.05, 0) is 25.0 Å². The zero-order valence-corrected chi connectivity index (χ0v) is 11.3. The van der Waals surface area contributed by atoms with Gasteiger partial charge in [-0.15, -0.1) is 12.4 Å². The number of halogens is 3. The molecule has 1 aliphatic carbocycles. The third kappa shape index (κ3) is 4.13. The van der Waals surface area contributed by atoms with Crippen LogP contribution in [-0.4, -0.2) is 6.04 Å². The molecule has 0 radical (unpaired) electrons. The van der Waals surface area contributed by atoms with Crippen molar-refractivity contribution < 1.29 is 4.39 Å². The Kier molecular flexibility index (Phi) is 6.24. The van der Waals surface area contributed by atoms with Crippen molar-refractivity contribution in [3.8, 4) is 0 Å². The largest absolute Gasteiger partial charge is 0.310 e. The molecule has 1 aliphatic rings. The lowest BCUT2D eigenvalue weighted by atomic mass is 9.95. The van der Waals surface area contributed by atoms with Gasteiger partial charge in [-0.1, -0.05) is 36.9 Å². The SMILES string of the molecule is Cl.Fc1cccc(Cl)c1CNC1CCCCC1. The second kappa shape index (κ2) is 7.20. The Hall–Kier alpha value is -0.310. The van der Waals surface area contributed by atoms with E-state index < -0.39 is 0 Å². The van der Waals surface area contributed by atoms with Crippen LogP contribution in [0.1, 0.15) is 37.7 Å². The highest BCUT2D eigenvalue weighted by Crippen LogP contribution is 2.21. The molecule has 0 aliphatic heterocycles. The number of hydrogen-bond donors (Lipinski definition) is 1. The Labute approximate surface area is 113 Å². The molecule has 0 saturated heterocycles. The van der Waals surface area contributed by atoms with E-state index in [1.165, 1.54) is 38.2 Å². The van der Waals surface area contributed by atoms with Crippen LogP contribution >= 0.6 is 24.0 Å². The maximum Gasteiger partial charge on any atom is 0.129 e. The molecule has 2 rings (SSSR count). The molecule has 1 aromatic rings. The van der Waals surface area contributed by atoms with Gasteiger partial charge in [0.2, 0.25) is 0 Å². The first-order valence-electron chi connectivity index (χ1n) is 5.93. The summed E-state index contributed by atoms with van der Waals surface area (Å²) in [4.78, 5) is 0. The van der Waals surface area contributed by atoms with Crippen molar-refractivity contribution in [2.24, 2.45) is 0 Å². The Balaban J connectivity index is 0.00000144. The molecular weight excluding hydrogens is 260 g/mol. The fourth-order valence-electron chi connectivity index (χ4n) is 2.25. The van der Waals surface area contributed by atoms with Crippen molar-refractivity contribution >= 4 is 24.0 Å². The van der Waals surface area contributed by atoms with Crippen LogP contribution in [0.15, 0.2) is 18.2 Å². The minimum Gasteiger partial charge on any atom is -0.310 e. The zero-order chi connectivity index (χ0) is 11.4. The van der Waals surface area contributed by atoms with Gasteiger partial charge in [0.25, 0.3) is 0 Å².